The molecule has 3 N–H and O–H groups in total. The van der Waals surface area contributed by atoms with Crippen LogP contribution >= 0.6 is 11.6 Å². The summed E-state index contributed by atoms with van der Waals surface area (Å²) in [6.07, 6.45) is 5.86. The fourth-order valence-electron chi connectivity index (χ4n) is 3.53. The molecular weight excluding hydrogens is 405 g/mol. The predicted octanol–water partition coefficient (Wildman–Crippen LogP) is 3.09. The zero-order valence-electron chi connectivity index (χ0n) is 16.2. The number of piperazine rings is 1. The standard InChI is InChI=1S/C21H21ClFN7/c22-16-1-2-17(23)14(9-16)13-29-5-7-30(8-6-29)21-20(15(10-24)11-25)27-19-12-26-4-3-18(19)28-21/h1-4,9-12,24H,5-8,13,25H2/b15-11+,24-10?. The van der Waals surface area contributed by atoms with Crippen LogP contribution in [0.5, 0.6) is 0 Å². The molecule has 0 spiro atoms. The van der Waals surface area contributed by atoms with Crippen molar-refractivity contribution >= 4 is 40.2 Å². The third kappa shape index (κ3) is 4.10. The van der Waals surface area contributed by atoms with E-state index in [0.29, 0.717) is 52.8 Å². The Balaban J connectivity index is 1.57. The van der Waals surface area contributed by atoms with Gasteiger partial charge in [0.2, 0.25) is 0 Å². The van der Waals surface area contributed by atoms with E-state index >= 15 is 0 Å². The summed E-state index contributed by atoms with van der Waals surface area (Å²) in [7, 11) is 0. The molecule has 1 aliphatic rings. The minimum absolute atomic E-state index is 0.248. The van der Waals surface area contributed by atoms with Crippen LogP contribution in [0.3, 0.4) is 0 Å². The van der Waals surface area contributed by atoms with Crippen molar-refractivity contribution in [2.45, 2.75) is 6.54 Å². The Kier molecular flexibility index (Phi) is 5.87. The van der Waals surface area contributed by atoms with Gasteiger partial charge in [0, 0.05) is 67.5 Å². The molecule has 0 radical (unpaired) electrons. The molecule has 30 heavy (non-hydrogen) atoms. The van der Waals surface area contributed by atoms with Crippen LogP contribution < -0.4 is 10.6 Å². The number of rotatable bonds is 5. The van der Waals surface area contributed by atoms with Gasteiger partial charge in [-0.2, -0.15) is 0 Å². The van der Waals surface area contributed by atoms with Crippen LogP contribution in [-0.2, 0) is 6.54 Å². The molecule has 4 rings (SSSR count). The summed E-state index contributed by atoms with van der Waals surface area (Å²) in [5, 5.41) is 8.21. The number of allylic oxidation sites excluding steroid dienone is 1. The van der Waals surface area contributed by atoms with Crippen LogP contribution in [0.25, 0.3) is 16.6 Å². The Labute approximate surface area is 178 Å². The van der Waals surface area contributed by atoms with Crippen molar-refractivity contribution in [3.8, 4) is 0 Å². The number of halogens is 2. The topological polar surface area (TPSA) is 95.0 Å². The van der Waals surface area contributed by atoms with Crippen molar-refractivity contribution in [2.75, 3.05) is 31.1 Å². The van der Waals surface area contributed by atoms with Crippen LogP contribution in [0, 0.1) is 11.2 Å². The molecule has 1 fully saturated rings. The van der Waals surface area contributed by atoms with E-state index < -0.39 is 0 Å². The van der Waals surface area contributed by atoms with Gasteiger partial charge >= 0.3 is 0 Å². The van der Waals surface area contributed by atoms with Gasteiger partial charge in [0.05, 0.1) is 11.7 Å². The van der Waals surface area contributed by atoms with Crippen LogP contribution in [-0.4, -0.2) is 52.2 Å². The molecule has 0 amide bonds. The summed E-state index contributed by atoms with van der Waals surface area (Å²) >= 11 is 6.01. The number of benzene rings is 1. The van der Waals surface area contributed by atoms with E-state index in [1.54, 1.807) is 24.5 Å². The maximum Gasteiger partial charge on any atom is 0.156 e. The molecule has 1 aromatic carbocycles. The Morgan fingerprint density at radius 3 is 2.70 bits per heavy atom. The van der Waals surface area contributed by atoms with E-state index in [2.05, 4.69) is 19.8 Å². The molecule has 3 aromatic rings. The van der Waals surface area contributed by atoms with Crippen molar-refractivity contribution in [2.24, 2.45) is 5.73 Å². The molecule has 9 heteroatoms. The smallest absolute Gasteiger partial charge is 0.156 e. The number of pyridine rings is 1. The lowest BCUT2D eigenvalue weighted by Gasteiger charge is -2.36. The second-order valence-electron chi connectivity index (χ2n) is 7.03. The number of aromatic nitrogens is 3. The van der Waals surface area contributed by atoms with Crippen molar-refractivity contribution < 1.29 is 4.39 Å². The molecular formula is C21H21ClFN7. The van der Waals surface area contributed by atoms with Gasteiger partial charge in [0.1, 0.15) is 17.0 Å². The Bertz CT molecular complexity index is 1110. The molecule has 1 aliphatic heterocycles. The first kappa shape index (κ1) is 20.2. The summed E-state index contributed by atoms with van der Waals surface area (Å²) in [5.74, 6) is 0.435. The number of nitrogens with two attached hydrogens (primary N) is 1. The quantitative estimate of drug-likeness (QED) is 0.610. The molecule has 7 nitrogen and oxygen atoms in total. The van der Waals surface area contributed by atoms with E-state index in [9.17, 15) is 4.39 Å². The third-order valence-electron chi connectivity index (χ3n) is 5.13. The lowest BCUT2D eigenvalue weighted by molar-refractivity contribution is 0.246. The number of nitrogens with zero attached hydrogens (tertiary/aromatic N) is 5. The van der Waals surface area contributed by atoms with Crippen molar-refractivity contribution in [3.05, 3.63) is 65.0 Å². The molecule has 3 heterocycles. The van der Waals surface area contributed by atoms with E-state index in [0.717, 1.165) is 18.6 Å². The largest absolute Gasteiger partial charge is 0.404 e. The summed E-state index contributed by atoms with van der Waals surface area (Å²) in [6.45, 7) is 3.34. The van der Waals surface area contributed by atoms with E-state index in [4.69, 9.17) is 27.7 Å². The van der Waals surface area contributed by atoms with Gasteiger partial charge in [-0.15, -0.1) is 0 Å². The van der Waals surface area contributed by atoms with Crippen molar-refractivity contribution in [1.82, 2.24) is 19.9 Å². The molecule has 0 atom stereocenters. The molecule has 0 saturated carbocycles. The molecule has 1 saturated heterocycles. The zero-order chi connectivity index (χ0) is 21.1. The van der Waals surface area contributed by atoms with Crippen LogP contribution in [0.2, 0.25) is 5.02 Å². The zero-order valence-corrected chi connectivity index (χ0v) is 17.0. The Morgan fingerprint density at radius 1 is 1.17 bits per heavy atom. The number of hydrogen-bond acceptors (Lipinski definition) is 7. The Hall–Kier alpha value is -3.10. The highest BCUT2D eigenvalue weighted by Crippen LogP contribution is 2.26. The number of fused-ring (bicyclic) bond motifs is 1. The number of hydrogen-bond donors (Lipinski definition) is 2. The van der Waals surface area contributed by atoms with Crippen LogP contribution in [0.4, 0.5) is 10.2 Å². The van der Waals surface area contributed by atoms with E-state index in [-0.39, 0.29) is 5.82 Å². The monoisotopic (exact) mass is 425 g/mol. The molecule has 0 aliphatic carbocycles. The first-order valence-corrected chi connectivity index (χ1v) is 9.92. The molecule has 154 valence electrons. The van der Waals surface area contributed by atoms with Gasteiger partial charge in [0.15, 0.2) is 5.82 Å². The minimum Gasteiger partial charge on any atom is -0.404 e. The number of nitrogens with one attached hydrogen (secondary N) is 1. The minimum atomic E-state index is -0.248. The summed E-state index contributed by atoms with van der Waals surface area (Å²) in [5.41, 5.74) is 8.74. The summed E-state index contributed by atoms with van der Waals surface area (Å²) < 4.78 is 14.1. The van der Waals surface area contributed by atoms with Crippen LogP contribution in [0.15, 0.2) is 42.9 Å². The van der Waals surface area contributed by atoms with Gasteiger partial charge in [0.25, 0.3) is 0 Å². The SMILES string of the molecule is N=C/C(=C\N)c1nc2cnccc2nc1N1CCN(Cc2cc(Cl)ccc2F)CC1. The summed E-state index contributed by atoms with van der Waals surface area (Å²) in [4.78, 5) is 17.8. The molecule has 0 unspecified atom stereocenters. The molecule has 2 aromatic heterocycles. The lowest BCUT2D eigenvalue weighted by atomic mass is 10.1. The van der Waals surface area contributed by atoms with Gasteiger partial charge in [-0.05, 0) is 24.3 Å². The second kappa shape index (κ2) is 8.73. The highest BCUT2D eigenvalue weighted by molar-refractivity contribution is 6.30. The van der Waals surface area contributed by atoms with Gasteiger partial charge in [-0.25, -0.2) is 14.4 Å². The maximum atomic E-state index is 14.1. The van der Waals surface area contributed by atoms with Crippen molar-refractivity contribution in [3.63, 3.8) is 0 Å². The van der Waals surface area contributed by atoms with Crippen molar-refractivity contribution in [1.29, 1.82) is 5.41 Å². The maximum absolute atomic E-state index is 14.1. The summed E-state index contributed by atoms with van der Waals surface area (Å²) in [6, 6.07) is 6.44. The lowest BCUT2D eigenvalue weighted by Crippen LogP contribution is -2.46. The second-order valence-corrected chi connectivity index (χ2v) is 7.46. The highest BCUT2D eigenvalue weighted by Gasteiger charge is 2.23. The van der Waals surface area contributed by atoms with Gasteiger partial charge in [-0.1, -0.05) is 11.6 Å². The average Bonchev–Trinajstić information content (AvgIpc) is 2.77. The highest BCUT2D eigenvalue weighted by atomic mass is 35.5. The predicted molar refractivity (Wildman–Crippen MR) is 117 cm³/mol. The Morgan fingerprint density at radius 2 is 1.97 bits per heavy atom. The fraction of sp³-hybridized carbons (Fsp3) is 0.238. The first-order valence-electron chi connectivity index (χ1n) is 9.55. The third-order valence-corrected chi connectivity index (χ3v) is 5.37. The van der Waals surface area contributed by atoms with Gasteiger partial charge in [-0.3, -0.25) is 9.88 Å². The van der Waals surface area contributed by atoms with Crippen LogP contribution in [0.1, 0.15) is 11.3 Å². The van der Waals surface area contributed by atoms with Gasteiger partial charge < -0.3 is 16.0 Å². The first-order chi connectivity index (χ1) is 14.6. The number of anilines is 1. The van der Waals surface area contributed by atoms with E-state index in [1.807, 2.05) is 6.07 Å². The normalized spacial score (nSPS) is 15.5. The fourth-order valence-corrected chi connectivity index (χ4v) is 3.72. The molecule has 0 bridgehead atoms. The van der Waals surface area contributed by atoms with E-state index in [1.165, 1.54) is 18.5 Å². The average molecular weight is 426 g/mol.